The number of H-pyrrole nitrogens is 1. The second kappa shape index (κ2) is 3.08. The van der Waals surface area contributed by atoms with Gasteiger partial charge in [0.1, 0.15) is 12.1 Å². The van der Waals surface area contributed by atoms with E-state index in [-0.39, 0.29) is 0 Å². The molecule has 0 aliphatic carbocycles. The molecule has 2 heterocycles. The molecule has 0 aromatic carbocycles. The van der Waals surface area contributed by atoms with Crippen molar-refractivity contribution in [3.05, 3.63) is 30.5 Å². The summed E-state index contributed by atoms with van der Waals surface area (Å²) in [4.78, 5) is 7.01. The number of hydrogen-bond acceptors (Lipinski definition) is 4. The van der Waals surface area contributed by atoms with Crippen molar-refractivity contribution in [3.8, 4) is 0 Å². The minimum atomic E-state index is 0.625. The molecule has 2 N–H and O–H groups in total. The van der Waals surface area contributed by atoms with Gasteiger partial charge in [-0.25, -0.2) is 4.98 Å². The maximum atomic E-state index is 4.64. The zero-order valence-electron chi connectivity index (χ0n) is 6.32. The van der Waals surface area contributed by atoms with Crippen LogP contribution >= 0.6 is 0 Å². The van der Waals surface area contributed by atoms with Gasteiger partial charge in [0.2, 0.25) is 0 Å². The Morgan fingerprint density at radius 1 is 1.58 bits per heavy atom. The van der Waals surface area contributed by atoms with Gasteiger partial charge in [-0.3, -0.25) is 0 Å². The number of nitrogens with one attached hydrogen (secondary N) is 2. The molecular weight excluding hydrogens is 156 g/mol. The molecular formula is C7H8N4O. The number of aromatic nitrogens is 3. The van der Waals surface area contributed by atoms with Crippen molar-refractivity contribution in [1.82, 2.24) is 15.1 Å². The monoisotopic (exact) mass is 164 g/mol. The Bertz CT molecular complexity index is 279. The van der Waals surface area contributed by atoms with E-state index in [1.807, 2.05) is 0 Å². The summed E-state index contributed by atoms with van der Waals surface area (Å²) in [6.45, 7) is 0.625. The summed E-state index contributed by atoms with van der Waals surface area (Å²) >= 11 is 0. The van der Waals surface area contributed by atoms with Crippen molar-refractivity contribution >= 4 is 5.82 Å². The number of aromatic amines is 1. The molecule has 62 valence electrons. The lowest BCUT2D eigenvalue weighted by atomic mass is 10.5. The van der Waals surface area contributed by atoms with Gasteiger partial charge in [-0.15, -0.1) is 0 Å². The summed E-state index contributed by atoms with van der Waals surface area (Å²) in [5, 5.41) is 6.72. The topological polar surface area (TPSA) is 66.7 Å². The molecule has 0 fully saturated rings. The molecule has 0 radical (unpaired) electrons. The maximum Gasteiger partial charge on any atom is 0.169 e. The van der Waals surface area contributed by atoms with Crippen LogP contribution in [0, 0.1) is 0 Å². The van der Waals surface area contributed by atoms with Crippen molar-refractivity contribution < 1.29 is 4.52 Å². The minimum Gasteiger partial charge on any atom is -0.363 e. The Morgan fingerprint density at radius 2 is 2.58 bits per heavy atom. The summed E-state index contributed by atoms with van der Waals surface area (Å²) < 4.78 is 4.64. The van der Waals surface area contributed by atoms with Gasteiger partial charge in [-0.1, -0.05) is 5.16 Å². The molecule has 0 aliphatic heterocycles. The second-order valence-corrected chi connectivity index (χ2v) is 2.27. The normalized spacial score (nSPS) is 10.0. The summed E-state index contributed by atoms with van der Waals surface area (Å²) in [6, 6.07) is 1.75. The summed E-state index contributed by atoms with van der Waals surface area (Å²) in [6.07, 6.45) is 5.00. The van der Waals surface area contributed by atoms with E-state index in [9.17, 15) is 0 Å². The van der Waals surface area contributed by atoms with Crippen LogP contribution in [0.2, 0.25) is 0 Å². The number of rotatable bonds is 3. The van der Waals surface area contributed by atoms with Crippen molar-refractivity contribution in [3.63, 3.8) is 0 Å². The quantitative estimate of drug-likeness (QED) is 0.710. The highest BCUT2D eigenvalue weighted by atomic mass is 16.5. The molecule has 2 aromatic rings. The largest absolute Gasteiger partial charge is 0.363 e. The molecule has 0 spiro atoms. The SMILES string of the molecule is c1c[nH]c(CNc2ccon2)n1. The van der Waals surface area contributed by atoms with Gasteiger partial charge in [0, 0.05) is 18.5 Å². The van der Waals surface area contributed by atoms with Crippen LogP contribution in [0.15, 0.2) is 29.2 Å². The molecule has 0 atom stereocenters. The Morgan fingerprint density at radius 3 is 3.25 bits per heavy atom. The first-order chi connectivity index (χ1) is 5.95. The van der Waals surface area contributed by atoms with Crippen LogP contribution in [0.4, 0.5) is 5.82 Å². The molecule has 0 aliphatic rings. The average molecular weight is 164 g/mol. The van der Waals surface area contributed by atoms with E-state index in [2.05, 4.69) is 25.0 Å². The van der Waals surface area contributed by atoms with E-state index in [0.29, 0.717) is 12.4 Å². The molecule has 0 saturated heterocycles. The third-order valence-corrected chi connectivity index (χ3v) is 1.43. The standard InChI is InChI=1S/C7H8N4O/c1-4-12-11-6(1)10-5-7-8-2-3-9-7/h1-4H,5H2,(H,8,9)(H,10,11). The fourth-order valence-corrected chi connectivity index (χ4v) is 0.873. The third kappa shape index (κ3) is 1.45. The van der Waals surface area contributed by atoms with Gasteiger partial charge in [0.15, 0.2) is 5.82 Å². The van der Waals surface area contributed by atoms with Gasteiger partial charge in [0.25, 0.3) is 0 Å². The molecule has 5 heteroatoms. The molecule has 0 unspecified atom stereocenters. The molecule has 0 amide bonds. The molecule has 0 bridgehead atoms. The van der Waals surface area contributed by atoms with Gasteiger partial charge in [0.05, 0.1) is 6.54 Å². The highest BCUT2D eigenvalue weighted by Crippen LogP contribution is 2.02. The van der Waals surface area contributed by atoms with E-state index in [1.54, 1.807) is 18.5 Å². The second-order valence-electron chi connectivity index (χ2n) is 2.27. The fraction of sp³-hybridized carbons (Fsp3) is 0.143. The van der Waals surface area contributed by atoms with Gasteiger partial charge >= 0.3 is 0 Å². The Kier molecular flexibility index (Phi) is 1.77. The van der Waals surface area contributed by atoms with Crippen molar-refractivity contribution in [2.75, 3.05) is 5.32 Å². The Hall–Kier alpha value is -1.78. The molecule has 0 saturated carbocycles. The third-order valence-electron chi connectivity index (χ3n) is 1.43. The van der Waals surface area contributed by atoms with Crippen LogP contribution in [0.3, 0.4) is 0 Å². The summed E-state index contributed by atoms with van der Waals surface area (Å²) in [7, 11) is 0. The van der Waals surface area contributed by atoms with Crippen LogP contribution in [-0.4, -0.2) is 15.1 Å². The number of hydrogen-bond donors (Lipinski definition) is 2. The van der Waals surface area contributed by atoms with Crippen LogP contribution in [0.5, 0.6) is 0 Å². The van der Waals surface area contributed by atoms with E-state index < -0.39 is 0 Å². The lowest BCUT2D eigenvalue weighted by Gasteiger charge is -1.96. The highest BCUT2D eigenvalue weighted by molar-refractivity contribution is 5.30. The molecule has 2 aromatic heterocycles. The van der Waals surface area contributed by atoms with E-state index in [1.165, 1.54) is 6.26 Å². The van der Waals surface area contributed by atoms with Crippen LogP contribution in [0.25, 0.3) is 0 Å². The van der Waals surface area contributed by atoms with E-state index in [0.717, 1.165) is 5.82 Å². The number of imidazole rings is 1. The minimum absolute atomic E-state index is 0.625. The Labute approximate surface area is 68.8 Å². The smallest absolute Gasteiger partial charge is 0.169 e. The summed E-state index contributed by atoms with van der Waals surface area (Å²) in [5.41, 5.74) is 0. The van der Waals surface area contributed by atoms with Gasteiger partial charge < -0.3 is 14.8 Å². The first-order valence-electron chi connectivity index (χ1n) is 3.57. The van der Waals surface area contributed by atoms with Crippen molar-refractivity contribution in [2.24, 2.45) is 0 Å². The zero-order chi connectivity index (χ0) is 8.23. The lowest BCUT2D eigenvalue weighted by Crippen LogP contribution is -2.00. The van der Waals surface area contributed by atoms with E-state index >= 15 is 0 Å². The Balaban J connectivity index is 1.91. The van der Waals surface area contributed by atoms with Gasteiger partial charge in [-0.05, 0) is 0 Å². The van der Waals surface area contributed by atoms with Crippen LogP contribution in [0.1, 0.15) is 5.82 Å². The first-order valence-corrected chi connectivity index (χ1v) is 3.57. The zero-order valence-corrected chi connectivity index (χ0v) is 6.32. The van der Waals surface area contributed by atoms with E-state index in [4.69, 9.17) is 0 Å². The molecule has 12 heavy (non-hydrogen) atoms. The molecule has 2 rings (SSSR count). The van der Waals surface area contributed by atoms with Crippen LogP contribution in [-0.2, 0) is 6.54 Å². The van der Waals surface area contributed by atoms with Crippen LogP contribution < -0.4 is 5.32 Å². The van der Waals surface area contributed by atoms with Gasteiger partial charge in [-0.2, -0.15) is 0 Å². The van der Waals surface area contributed by atoms with Crippen molar-refractivity contribution in [2.45, 2.75) is 6.54 Å². The fourth-order valence-electron chi connectivity index (χ4n) is 0.873. The average Bonchev–Trinajstić information content (AvgIpc) is 2.74. The van der Waals surface area contributed by atoms with Crippen molar-refractivity contribution in [1.29, 1.82) is 0 Å². The highest BCUT2D eigenvalue weighted by Gasteiger charge is 1.96. The molecule has 5 nitrogen and oxygen atoms in total. The maximum absolute atomic E-state index is 4.64. The predicted molar refractivity (Wildman–Crippen MR) is 42.4 cm³/mol. The lowest BCUT2D eigenvalue weighted by molar-refractivity contribution is 0.422. The summed E-state index contributed by atoms with van der Waals surface area (Å²) in [5.74, 6) is 1.59. The first kappa shape index (κ1) is 6.90. The number of nitrogens with zero attached hydrogens (tertiary/aromatic N) is 2. The number of anilines is 1. The predicted octanol–water partition coefficient (Wildman–Crippen LogP) is 1.01.